The Kier molecular flexibility index (Phi) is 224. The minimum atomic E-state index is -2.33. The van der Waals surface area contributed by atoms with Gasteiger partial charge in [0.05, 0.1) is 10.2 Å². The first-order chi connectivity index (χ1) is 14.6. The van der Waals surface area contributed by atoms with Gasteiger partial charge in [0.2, 0.25) is 0 Å². The van der Waals surface area contributed by atoms with Crippen LogP contribution in [-0.4, -0.2) is 85.8 Å². The van der Waals surface area contributed by atoms with Gasteiger partial charge in [-0.2, -0.15) is 0 Å². The van der Waals surface area contributed by atoms with Gasteiger partial charge in [0.25, 0.3) is 0 Å². The normalized spacial score (nSPS) is 6.00. The second kappa shape index (κ2) is 105. The summed E-state index contributed by atoms with van der Waals surface area (Å²) in [5.41, 5.74) is 39.2. The van der Waals surface area contributed by atoms with Crippen molar-refractivity contribution in [1.82, 2.24) is 0 Å². The number of nitrogens with two attached hydrogens (primary N) is 8. The molecule has 36 heavy (non-hydrogen) atoms. The van der Waals surface area contributed by atoms with Gasteiger partial charge in [-0.3, -0.25) is 0 Å². The van der Waals surface area contributed by atoms with Crippen molar-refractivity contribution in [2.75, 3.05) is 52.4 Å². The van der Waals surface area contributed by atoms with Crippen molar-refractivity contribution in [1.29, 1.82) is 0 Å². The van der Waals surface area contributed by atoms with Gasteiger partial charge in [-0.05, 0) is 12.3 Å². The fraction of sp³-hybridized carbons (Fsp3) is 0.800. The molecule has 20 N–H and O–H groups in total. The van der Waals surface area contributed by atoms with Gasteiger partial charge in [0.1, 0.15) is 0 Å². The summed E-state index contributed by atoms with van der Waals surface area (Å²) in [6, 6.07) is 0. The quantitative estimate of drug-likeness (QED) is 0.105. The second-order valence-corrected chi connectivity index (χ2v) is 3.26. The average molecular weight is 638 g/mol. The van der Waals surface area contributed by atoms with Crippen LogP contribution in [0.1, 0.15) is 0 Å². The van der Waals surface area contributed by atoms with Crippen LogP contribution in [0.2, 0.25) is 0 Å². The number of carbonyl (C=O) groups excluding carboxylic acids is 2. The van der Waals surface area contributed by atoms with Gasteiger partial charge >= 0.3 is 33.6 Å². The Morgan fingerprint density at radius 3 is 0.472 bits per heavy atom. The molecule has 0 fully saturated rings. The predicted molar refractivity (Wildman–Crippen MR) is 111 cm³/mol. The average Bonchev–Trinajstić information content (AvgIpc) is 2.66. The summed E-state index contributed by atoms with van der Waals surface area (Å²) in [4.78, 5) is 33.2. The summed E-state index contributed by atoms with van der Waals surface area (Å²) in [5.74, 6) is 0. The molecule has 0 radical (unpaired) electrons. The number of hydrogen-bond acceptors (Lipinski definition) is 20. The Morgan fingerprint density at radius 2 is 0.472 bits per heavy atom. The first kappa shape index (κ1) is 76.5. The summed E-state index contributed by atoms with van der Waals surface area (Å²) in [5, 5.41) is 62.8. The van der Waals surface area contributed by atoms with Crippen molar-refractivity contribution >= 4 is 12.3 Å². The van der Waals surface area contributed by atoms with Crippen molar-refractivity contribution in [2.45, 2.75) is 0 Å². The molecule has 0 atom stereocenters. The third kappa shape index (κ3) is 12200. The van der Waals surface area contributed by atoms with E-state index in [0.29, 0.717) is 52.4 Å². The van der Waals surface area contributed by atoms with E-state index in [1.54, 1.807) is 0 Å². The molecule has 0 rings (SSSR count). The minimum absolute atomic E-state index is 0. The molecule has 0 aliphatic carbocycles. The maximum absolute atomic E-state index is 8.33. The van der Waals surface area contributed by atoms with Crippen LogP contribution in [0.4, 0.5) is 9.59 Å². The number of hydrogen-bond donors (Lipinski definition) is 8. The first-order valence-electron chi connectivity index (χ1n) is 7.59. The molecule has 0 amide bonds. The van der Waals surface area contributed by atoms with Crippen LogP contribution in [0.15, 0.2) is 0 Å². The van der Waals surface area contributed by atoms with Crippen LogP contribution in [0.25, 0.3) is 0 Å². The van der Waals surface area contributed by atoms with Crippen LogP contribution < -0.4 is 66.3 Å². The molecular formula is C10H36Co2N10O14. The van der Waals surface area contributed by atoms with Crippen molar-refractivity contribution in [3.8, 4) is 0 Å². The van der Waals surface area contributed by atoms with Gasteiger partial charge in [-0.25, -0.2) is 0 Å². The van der Waals surface area contributed by atoms with E-state index in [-0.39, 0.29) is 44.5 Å². The summed E-state index contributed by atoms with van der Waals surface area (Å²) < 4.78 is 0. The van der Waals surface area contributed by atoms with Crippen LogP contribution in [0.3, 0.4) is 0 Å². The van der Waals surface area contributed by atoms with Crippen LogP contribution in [-0.2, 0) is 33.6 Å². The van der Waals surface area contributed by atoms with Crippen LogP contribution in [0.5, 0.6) is 0 Å². The molecule has 0 aromatic carbocycles. The first-order valence-corrected chi connectivity index (χ1v) is 7.59. The van der Waals surface area contributed by atoms with E-state index in [4.69, 9.17) is 107 Å². The minimum Gasteiger partial charge on any atom is -0.652 e. The maximum Gasteiger partial charge on any atom is 3.00 e. The third-order valence-electron chi connectivity index (χ3n) is 0.667. The molecule has 0 unspecified atom stereocenters. The topological polar surface area (TPSA) is 530 Å². The van der Waals surface area contributed by atoms with Crippen molar-refractivity contribution < 1.29 is 84.7 Å². The predicted octanol–water partition coefficient (Wildman–Crippen LogP) is -11.4. The van der Waals surface area contributed by atoms with Gasteiger partial charge < -0.3 is 117 Å². The fourth-order valence-corrected chi connectivity index (χ4v) is 0. The Morgan fingerprint density at radius 1 is 0.444 bits per heavy atom. The largest absolute Gasteiger partial charge is 3.00 e. The van der Waals surface area contributed by atoms with Gasteiger partial charge in [0.15, 0.2) is 0 Å². The van der Waals surface area contributed by atoms with E-state index in [9.17, 15) is 0 Å². The SMILES string of the molecule is NCCN.NCCN.NCCN.NCCN.O.O.O=C([O-])[O-].O=C([O-])[O-].O=[N+]([O-])[O-].O=[N+]([O-])[O-].[Co+3].[Co+3]. The molecule has 0 aromatic rings. The molecular weight excluding hydrogens is 602 g/mol. The fourth-order valence-electron chi connectivity index (χ4n) is 0. The van der Waals surface area contributed by atoms with E-state index >= 15 is 0 Å². The van der Waals surface area contributed by atoms with E-state index in [1.165, 1.54) is 0 Å². The summed E-state index contributed by atoms with van der Waals surface area (Å²) in [6.07, 6.45) is -4.67. The molecule has 0 spiro atoms. The summed E-state index contributed by atoms with van der Waals surface area (Å²) >= 11 is 0. The zero-order valence-electron chi connectivity index (χ0n) is 18.7. The van der Waals surface area contributed by atoms with Gasteiger partial charge in [-0.1, -0.05) is 0 Å². The molecule has 0 aliphatic rings. The molecule has 0 aliphatic heterocycles. The Bertz CT molecular complexity index is 280. The molecule has 0 heterocycles. The Labute approximate surface area is 226 Å². The molecule has 0 bridgehead atoms. The molecule has 228 valence electrons. The summed E-state index contributed by atoms with van der Waals surface area (Å²) in [7, 11) is 0. The number of nitrogens with zero attached hydrogens (tertiary/aromatic N) is 2. The maximum atomic E-state index is 8.33. The zero-order valence-corrected chi connectivity index (χ0v) is 20.8. The van der Waals surface area contributed by atoms with E-state index in [2.05, 4.69) is 0 Å². The van der Waals surface area contributed by atoms with Crippen molar-refractivity contribution in [3.63, 3.8) is 0 Å². The van der Waals surface area contributed by atoms with Crippen LogP contribution in [0, 0.1) is 30.6 Å². The number of carbonyl (C=O) groups is 2. The molecule has 0 saturated heterocycles. The molecule has 26 heteroatoms. The van der Waals surface area contributed by atoms with Crippen LogP contribution >= 0.6 is 0 Å². The van der Waals surface area contributed by atoms with Gasteiger partial charge in [0, 0.05) is 52.4 Å². The number of carboxylic acid groups (broad SMARTS) is 4. The van der Waals surface area contributed by atoms with Crippen molar-refractivity contribution in [2.24, 2.45) is 45.9 Å². The second-order valence-electron chi connectivity index (χ2n) is 3.26. The standard InChI is InChI=1S/4C2H8N2.2CH2O3.2Co.2NO3.2H2O/c4*3-1-2-4;2*2-1(3)4;;;2*2-1(3)4;;/h4*1-4H2;2*(H2,2,3,4);;;;;2*1H2/q;;;;;;2*+3;2*-1;;/p-4. The smallest absolute Gasteiger partial charge is 0.652 e. The third-order valence-corrected chi connectivity index (χ3v) is 0.667. The molecule has 0 aromatic heterocycles. The molecule has 24 nitrogen and oxygen atoms in total. The van der Waals surface area contributed by atoms with Gasteiger partial charge in [-0.15, -0.1) is 0 Å². The monoisotopic (exact) mass is 638 g/mol. The van der Waals surface area contributed by atoms with Crippen molar-refractivity contribution in [3.05, 3.63) is 30.6 Å². The van der Waals surface area contributed by atoms with E-state index < -0.39 is 22.5 Å². The molecule has 0 saturated carbocycles. The summed E-state index contributed by atoms with van der Waals surface area (Å²) in [6.45, 7) is 4.78. The zero-order chi connectivity index (χ0) is 28.0. The van der Waals surface area contributed by atoms with E-state index in [1.807, 2.05) is 0 Å². The Balaban J connectivity index is -0.0000000180. The van der Waals surface area contributed by atoms with E-state index in [0.717, 1.165) is 0 Å². The number of rotatable bonds is 4. The Hall–Kier alpha value is -2.45.